The summed E-state index contributed by atoms with van der Waals surface area (Å²) in [6.45, 7) is 1.40. The van der Waals surface area contributed by atoms with Gasteiger partial charge in [0, 0.05) is 48.5 Å². The zero-order valence-corrected chi connectivity index (χ0v) is 18.1. The van der Waals surface area contributed by atoms with Crippen LogP contribution in [-0.4, -0.2) is 52.3 Å². The Labute approximate surface area is 185 Å². The third-order valence-corrected chi connectivity index (χ3v) is 5.57. The number of hydrogen-bond acceptors (Lipinski definition) is 6. The molecule has 0 bridgehead atoms. The van der Waals surface area contributed by atoms with Crippen LogP contribution in [-0.2, 0) is 7.05 Å². The number of pyridine rings is 1. The van der Waals surface area contributed by atoms with E-state index in [1.165, 1.54) is 0 Å². The number of nitrogens with one attached hydrogen (secondary N) is 2. The predicted molar refractivity (Wildman–Crippen MR) is 119 cm³/mol. The Kier molecular flexibility index (Phi) is 6.22. The molecule has 1 aromatic carbocycles. The molecule has 4 rings (SSSR count). The summed E-state index contributed by atoms with van der Waals surface area (Å²) < 4.78 is 6.91. The van der Waals surface area contributed by atoms with Crippen molar-refractivity contribution in [3.05, 3.63) is 59.5 Å². The van der Waals surface area contributed by atoms with Crippen LogP contribution in [0.2, 0.25) is 5.02 Å². The van der Waals surface area contributed by atoms with Gasteiger partial charge in [0.1, 0.15) is 5.75 Å². The molecule has 162 valence electrons. The van der Waals surface area contributed by atoms with Crippen LogP contribution in [0.3, 0.4) is 0 Å². The van der Waals surface area contributed by atoms with Crippen molar-refractivity contribution in [2.45, 2.75) is 18.4 Å². The number of anilines is 2. The molecule has 1 fully saturated rings. The van der Waals surface area contributed by atoms with Crippen LogP contribution in [0.15, 0.2) is 48.8 Å². The number of rotatable bonds is 5. The van der Waals surface area contributed by atoms with Crippen molar-refractivity contribution in [1.82, 2.24) is 25.3 Å². The zero-order chi connectivity index (χ0) is 21.8. The summed E-state index contributed by atoms with van der Waals surface area (Å²) >= 11 is 5.92. The van der Waals surface area contributed by atoms with Crippen LogP contribution in [0.4, 0.5) is 16.3 Å². The van der Waals surface area contributed by atoms with Crippen molar-refractivity contribution in [2.75, 3.05) is 30.4 Å². The Morgan fingerprint density at radius 2 is 2.03 bits per heavy atom. The molecule has 10 heteroatoms. The maximum absolute atomic E-state index is 12.7. The lowest BCUT2D eigenvalue weighted by Gasteiger charge is -2.38. The quantitative estimate of drug-likeness (QED) is 0.631. The van der Waals surface area contributed by atoms with Gasteiger partial charge in [-0.05, 0) is 42.8 Å². The molecule has 2 amide bonds. The van der Waals surface area contributed by atoms with E-state index < -0.39 is 0 Å². The molecule has 0 saturated carbocycles. The van der Waals surface area contributed by atoms with Crippen LogP contribution in [0, 0.1) is 0 Å². The van der Waals surface area contributed by atoms with E-state index in [0.29, 0.717) is 23.0 Å². The SMILES string of the molecule is COc1ccc(C2CN(c3cn(C)nn3)CCC2NC(=O)Nc2ccc(Cl)cc2)nc1. The van der Waals surface area contributed by atoms with Crippen molar-refractivity contribution < 1.29 is 9.53 Å². The number of nitrogens with zero attached hydrogens (tertiary/aromatic N) is 5. The van der Waals surface area contributed by atoms with E-state index in [4.69, 9.17) is 16.3 Å². The minimum atomic E-state index is -0.265. The molecular formula is C21H24ClN7O2. The summed E-state index contributed by atoms with van der Waals surface area (Å²) in [6, 6.07) is 10.5. The van der Waals surface area contributed by atoms with Gasteiger partial charge in [0.15, 0.2) is 5.82 Å². The second kappa shape index (κ2) is 9.22. The van der Waals surface area contributed by atoms with Crippen LogP contribution in [0.1, 0.15) is 18.0 Å². The number of aromatic nitrogens is 4. The van der Waals surface area contributed by atoms with Crippen molar-refractivity contribution >= 4 is 29.1 Å². The summed E-state index contributed by atoms with van der Waals surface area (Å²) in [4.78, 5) is 19.4. The predicted octanol–water partition coefficient (Wildman–Crippen LogP) is 3.06. The van der Waals surface area contributed by atoms with Gasteiger partial charge in [0.2, 0.25) is 0 Å². The molecule has 0 radical (unpaired) electrons. The van der Waals surface area contributed by atoms with E-state index in [1.807, 2.05) is 25.4 Å². The van der Waals surface area contributed by atoms with Gasteiger partial charge < -0.3 is 20.3 Å². The summed E-state index contributed by atoms with van der Waals surface area (Å²) in [6.07, 6.45) is 4.32. The van der Waals surface area contributed by atoms with Crippen LogP contribution >= 0.6 is 11.6 Å². The van der Waals surface area contributed by atoms with E-state index in [0.717, 1.165) is 24.5 Å². The van der Waals surface area contributed by atoms with Crippen LogP contribution in [0.25, 0.3) is 0 Å². The molecule has 3 aromatic rings. The van der Waals surface area contributed by atoms with Gasteiger partial charge in [-0.15, -0.1) is 5.10 Å². The fourth-order valence-electron chi connectivity index (χ4n) is 3.71. The van der Waals surface area contributed by atoms with Crippen molar-refractivity contribution in [1.29, 1.82) is 0 Å². The smallest absolute Gasteiger partial charge is 0.319 e. The van der Waals surface area contributed by atoms with E-state index in [1.54, 1.807) is 42.3 Å². The third kappa shape index (κ3) is 5.05. The first-order valence-corrected chi connectivity index (χ1v) is 10.3. The lowest BCUT2D eigenvalue weighted by atomic mass is 9.89. The molecule has 2 aromatic heterocycles. The highest BCUT2D eigenvalue weighted by Crippen LogP contribution is 2.29. The van der Waals surface area contributed by atoms with Crippen LogP contribution < -0.4 is 20.3 Å². The Balaban J connectivity index is 1.51. The van der Waals surface area contributed by atoms with E-state index in [-0.39, 0.29) is 18.0 Å². The van der Waals surface area contributed by atoms with Crippen LogP contribution in [0.5, 0.6) is 5.75 Å². The minimum absolute atomic E-state index is 0.0300. The number of piperidine rings is 1. The molecule has 2 N–H and O–H groups in total. The highest BCUT2D eigenvalue weighted by molar-refractivity contribution is 6.30. The van der Waals surface area contributed by atoms with Gasteiger partial charge in [-0.2, -0.15) is 0 Å². The van der Waals surface area contributed by atoms with E-state index >= 15 is 0 Å². The first-order valence-electron chi connectivity index (χ1n) is 9.96. The average molecular weight is 442 g/mol. The first-order chi connectivity index (χ1) is 15.0. The topological polar surface area (TPSA) is 97.2 Å². The normalized spacial score (nSPS) is 18.5. The van der Waals surface area contributed by atoms with Crippen molar-refractivity contribution in [3.8, 4) is 5.75 Å². The number of amides is 2. The second-order valence-corrected chi connectivity index (χ2v) is 7.86. The van der Waals surface area contributed by atoms with Gasteiger partial charge in [0.05, 0.1) is 19.5 Å². The maximum Gasteiger partial charge on any atom is 0.319 e. The van der Waals surface area contributed by atoms with Crippen molar-refractivity contribution in [3.63, 3.8) is 0 Å². The average Bonchev–Trinajstić information content (AvgIpc) is 3.22. The van der Waals surface area contributed by atoms with E-state index in [2.05, 4.69) is 30.8 Å². The standard InChI is InChI=1S/C21H24ClN7O2/c1-28-13-20(26-27-28)29-10-9-19(17(12-29)18-8-7-16(31-2)11-23-18)25-21(30)24-15-5-3-14(22)4-6-15/h3-8,11,13,17,19H,9-10,12H2,1-2H3,(H2,24,25,30). The second-order valence-electron chi connectivity index (χ2n) is 7.43. The lowest BCUT2D eigenvalue weighted by molar-refractivity contribution is 0.243. The molecular weight excluding hydrogens is 418 g/mol. The number of benzene rings is 1. The number of ether oxygens (including phenoxy) is 1. The molecule has 1 aliphatic heterocycles. The molecule has 2 unspecified atom stereocenters. The van der Waals surface area contributed by atoms with Gasteiger partial charge in [-0.25, -0.2) is 4.79 Å². The van der Waals surface area contributed by atoms with Gasteiger partial charge in [-0.3, -0.25) is 9.67 Å². The highest BCUT2D eigenvalue weighted by atomic mass is 35.5. The Hall–Kier alpha value is -3.33. The third-order valence-electron chi connectivity index (χ3n) is 5.32. The van der Waals surface area contributed by atoms with Gasteiger partial charge in [-0.1, -0.05) is 16.8 Å². The molecule has 9 nitrogen and oxygen atoms in total. The number of urea groups is 1. The molecule has 1 aliphatic rings. The largest absolute Gasteiger partial charge is 0.495 e. The molecule has 31 heavy (non-hydrogen) atoms. The Morgan fingerprint density at radius 1 is 1.23 bits per heavy atom. The molecule has 0 aliphatic carbocycles. The Bertz CT molecular complexity index is 1020. The fourth-order valence-corrected chi connectivity index (χ4v) is 3.84. The number of carbonyl (C=O) groups is 1. The van der Waals surface area contributed by atoms with Gasteiger partial charge in [0.25, 0.3) is 0 Å². The number of methoxy groups -OCH3 is 1. The first kappa shape index (κ1) is 20.9. The number of hydrogen-bond donors (Lipinski definition) is 2. The summed E-state index contributed by atoms with van der Waals surface area (Å²) in [5.74, 6) is 1.47. The van der Waals surface area contributed by atoms with Gasteiger partial charge >= 0.3 is 6.03 Å². The maximum atomic E-state index is 12.7. The summed E-state index contributed by atoms with van der Waals surface area (Å²) in [7, 11) is 3.45. The zero-order valence-electron chi connectivity index (χ0n) is 17.3. The highest BCUT2D eigenvalue weighted by Gasteiger charge is 2.33. The summed E-state index contributed by atoms with van der Waals surface area (Å²) in [5.41, 5.74) is 1.56. The summed E-state index contributed by atoms with van der Waals surface area (Å²) in [5, 5.41) is 14.9. The minimum Gasteiger partial charge on any atom is -0.495 e. The lowest BCUT2D eigenvalue weighted by Crippen LogP contribution is -2.51. The van der Waals surface area contributed by atoms with E-state index in [9.17, 15) is 4.79 Å². The monoisotopic (exact) mass is 441 g/mol. The van der Waals surface area contributed by atoms with Crippen molar-refractivity contribution in [2.24, 2.45) is 7.05 Å². The fraction of sp³-hybridized carbons (Fsp3) is 0.333. The molecule has 0 spiro atoms. The number of halogens is 1. The molecule has 1 saturated heterocycles. The number of aryl methyl sites for hydroxylation is 1. The Morgan fingerprint density at radius 3 is 2.68 bits per heavy atom. The number of carbonyl (C=O) groups excluding carboxylic acids is 1. The molecule has 3 heterocycles. The molecule has 2 atom stereocenters.